The number of carbonyl (C=O) groups excluding carboxylic acids is 1. The number of primary sulfonamides is 1. The second-order valence-electron chi connectivity index (χ2n) is 5.14. The van der Waals surface area contributed by atoms with E-state index in [0.29, 0.717) is 38.3 Å². The normalized spacial score (nSPS) is 18.7. The maximum atomic E-state index is 12.3. The van der Waals surface area contributed by atoms with E-state index in [1.165, 1.54) is 11.4 Å². The largest absolute Gasteiger partial charge is 0.392 e. The third-order valence-electron chi connectivity index (χ3n) is 3.28. The second kappa shape index (κ2) is 6.41. The average molecular weight is 333 g/mol. The van der Waals surface area contributed by atoms with Crippen LogP contribution < -0.4 is 5.14 Å². The smallest absolute Gasteiger partial charge is 0.254 e. The van der Waals surface area contributed by atoms with Gasteiger partial charge in [0.25, 0.3) is 5.91 Å². The molecule has 21 heavy (non-hydrogen) atoms. The van der Waals surface area contributed by atoms with Crippen LogP contribution in [0.4, 0.5) is 0 Å². The van der Waals surface area contributed by atoms with Crippen molar-refractivity contribution < 1.29 is 18.3 Å². The Labute approximate surface area is 128 Å². The molecule has 2 heterocycles. The van der Waals surface area contributed by atoms with Crippen LogP contribution in [0.15, 0.2) is 15.7 Å². The summed E-state index contributed by atoms with van der Waals surface area (Å²) in [6, 6.07) is 1.32. The van der Waals surface area contributed by atoms with Gasteiger partial charge in [0.1, 0.15) is 4.21 Å². The van der Waals surface area contributed by atoms with E-state index < -0.39 is 10.0 Å². The molecular weight excluding hydrogens is 314 g/mol. The minimum atomic E-state index is -3.76. The van der Waals surface area contributed by atoms with E-state index >= 15 is 0 Å². The number of rotatable bonds is 4. The standard InChI is InChI=1S/C12H19N3O4S2/c1-9(16)7-14-2-4-15(5-3-14)12(17)10-6-11(20-8-10)21(13,18)19/h6,8-9,16H,2-5,7H2,1H3,(H2,13,18,19)/t9-/m1/s1. The second-order valence-corrected chi connectivity index (χ2v) is 7.84. The minimum absolute atomic E-state index is 0.00130. The lowest BCUT2D eigenvalue weighted by Crippen LogP contribution is -2.50. The summed E-state index contributed by atoms with van der Waals surface area (Å²) < 4.78 is 22.4. The molecule has 0 aromatic carbocycles. The van der Waals surface area contributed by atoms with Gasteiger partial charge in [0.2, 0.25) is 10.0 Å². The van der Waals surface area contributed by atoms with Crippen molar-refractivity contribution in [3.8, 4) is 0 Å². The molecule has 118 valence electrons. The predicted octanol–water partition coefficient (Wildman–Crippen LogP) is -0.466. The zero-order chi connectivity index (χ0) is 15.6. The van der Waals surface area contributed by atoms with Gasteiger partial charge in [0, 0.05) is 38.1 Å². The summed E-state index contributed by atoms with van der Waals surface area (Å²) in [5.74, 6) is -0.183. The van der Waals surface area contributed by atoms with Gasteiger partial charge in [0.15, 0.2) is 0 Å². The molecule has 0 aliphatic carbocycles. The highest BCUT2D eigenvalue weighted by Crippen LogP contribution is 2.20. The Morgan fingerprint density at radius 2 is 2.05 bits per heavy atom. The fraction of sp³-hybridized carbons (Fsp3) is 0.583. The third-order valence-corrected chi connectivity index (χ3v) is 5.67. The molecule has 1 aromatic rings. The number of hydrogen-bond donors (Lipinski definition) is 2. The summed E-state index contributed by atoms with van der Waals surface area (Å²) in [5.41, 5.74) is 0.355. The minimum Gasteiger partial charge on any atom is -0.392 e. The van der Waals surface area contributed by atoms with Crippen molar-refractivity contribution in [3.63, 3.8) is 0 Å². The first-order chi connectivity index (χ1) is 9.77. The lowest BCUT2D eigenvalue weighted by Gasteiger charge is -2.35. The van der Waals surface area contributed by atoms with E-state index in [4.69, 9.17) is 5.14 Å². The summed E-state index contributed by atoms with van der Waals surface area (Å²) in [6.45, 7) is 4.84. The number of β-amino-alcohol motifs (C(OH)–C–C–N with tert-alkyl or cyclic N) is 1. The Kier molecular flexibility index (Phi) is 4.99. The van der Waals surface area contributed by atoms with Gasteiger partial charge in [-0.3, -0.25) is 9.69 Å². The van der Waals surface area contributed by atoms with E-state index in [1.807, 2.05) is 0 Å². The van der Waals surface area contributed by atoms with Gasteiger partial charge in [-0.15, -0.1) is 11.3 Å². The summed E-state index contributed by atoms with van der Waals surface area (Å²) in [4.78, 5) is 16.1. The van der Waals surface area contributed by atoms with E-state index in [0.717, 1.165) is 11.3 Å². The number of sulfonamides is 1. The molecule has 1 amide bonds. The number of thiophene rings is 1. The summed E-state index contributed by atoms with van der Waals surface area (Å²) in [5, 5.41) is 15.9. The van der Waals surface area contributed by atoms with Crippen molar-refractivity contribution in [2.24, 2.45) is 5.14 Å². The average Bonchev–Trinajstić information content (AvgIpc) is 2.87. The van der Waals surface area contributed by atoms with Crippen molar-refractivity contribution in [2.75, 3.05) is 32.7 Å². The number of aliphatic hydroxyl groups is 1. The summed E-state index contributed by atoms with van der Waals surface area (Å²) >= 11 is 0.954. The number of amides is 1. The molecule has 1 saturated heterocycles. The van der Waals surface area contributed by atoms with Gasteiger partial charge in [-0.1, -0.05) is 0 Å². The number of aliphatic hydroxyl groups excluding tert-OH is 1. The van der Waals surface area contributed by atoms with Crippen LogP contribution in [0.1, 0.15) is 17.3 Å². The van der Waals surface area contributed by atoms with E-state index in [-0.39, 0.29) is 16.2 Å². The highest BCUT2D eigenvalue weighted by molar-refractivity contribution is 7.91. The predicted molar refractivity (Wildman–Crippen MR) is 79.7 cm³/mol. The molecule has 2 rings (SSSR count). The first-order valence-corrected chi connectivity index (χ1v) is 9.01. The molecule has 1 aliphatic rings. The highest BCUT2D eigenvalue weighted by atomic mass is 32.2. The molecule has 9 heteroatoms. The molecule has 1 aromatic heterocycles. The van der Waals surface area contributed by atoms with Crippen molar-refractivity contribution in [2.45, 2.75) is 17.2 Å². The molecular formula is C12H19N3O4S2. The Balaban J connectivity index is 1.97. The van der Waals surface area contributed by atoms with E-state index in [1.54, 1.807) is 11.8 Å². The zero-order valence-electron chi connectivity index (χ0n) is 11.7. The Hall–Kier alpha value is -1.00. The molecule has 0 spiro atoms. The Morgan fingerprint density at radius 3 is 2.52 bits per heavy atom. The van der Waals surface area contributed by atoms with Crippen LogP contribution in [0, 0.1) is 0 Å². The van der Waals surface area contributed by atoms with Gasteiger partial charge in [-0.2, -0.15) is 0 Å². The fourth-order valence-electron chi connectivity index (χ4n) is 2.27. The van der Waals surface area contributed by atoms with Crippen molar-refractivity contribution in [3.05, 3.63) is 17.0 Å². The quantitative estimate of drug-likeness (QED) is 0.775. The van der Waals surface area contributed by atoms with Gasteiger partial charge < -0.3 is 10.0 Å². The Morgan fingerprint density at radius 1 is 1.43 bits per heavy atom. The summed E-state index contributed by atoms with van der Waals surface area (Å²) in [7, 11) is -3.76. The molecule has 3 N–H and O–H groups in total. The summed E-state index contributed by atoms with van der Waals surface area (Å²) in [6.07, 6.45) is -0.388. The molecule has 1 aliphatic heterocycles. The maximum Gasteiger partial charge on any atom is 0.254 e. The number of hydrogen-bond acceptors (Lipinski definition) is 6. The van der Waals surface area contributed by atoms with Gasteiger partial charge in [0.05, 0.1) is 11.7 Å². The molecule has 1 atom stereocenters. The number of carbonyl (C=O) groups is 1. The van der Waals surface area contributed by atoms with E-state index in [2.05, 4.69) is 4.90 Å². The van der Waals surface area contributed by atoms with Crippen LogP contribution in [0.5, 0.6) is 0 Å². The maximum absolute atomic E-state index is 12.3. The van der Waals surface area contributed by atoms with Crippen molar-refractivity contribution >= 4 is 27.3 Å². The van der Waals surface area contributed by atoms with Crippen LogP contribution >= 0.6 is 11.3 Å². The molecule has 1 fully saturated rings. The first kappa shape index (κ1) is 16.4. The van der Waals surface area contributed by atoms with Gasteiger partial charge >= 0.3 is 0 Å². The lowest BCUT2D eigenvalue weighted by molar-refractivity contribution is 0.0554. The molecule has 0 saturated carbocycles. The third kappa shape index (κ3) is 4.24. The number of nitrogens with two attached hydrogens (primary N) is 1. The van der Waals surface area contributed by atoms with Gasteiger partial charge in [-0.25, -0.2) is 13.6 Å². The fourth-order valence-corrected chi connectivity index (χ4v) is 3.85. The molecule has 0 unspecified atom stereocenters. The number of piperazine rings is 1. The topological polar surface area (TPSA) is 104 Å². The van der Waals surface area contributed by atoms with E-state index in [9.17, 15) is 18.3 Å². The van der Waals surface area contributed by atoms with Crippen molar-refractivity contribution in [1.29, 1.82) is 0 Å². The van der Waals surface area contributed by atoms with Crippen LogP contribution in [-0.2, 0) is 10.0 Å². The van der Waals surface area contributed by atoms with Gasteiger partial charge in [-0.05, 0) is 13.0 Å². The molecule has 0 radical (unpaired) electrons. The lowest BCUT2D eigenvalue weighted by atomic mass is 10.2. The molecule has 0 bridgehead atoms. The highest BCUT2D eigenvalue weighted by Gasteiger charge is 2.24. The van der Waals surface area contributed by atoms with Crippen molar-refractivity contribution in [1.82, 2.24) is 9.80 Å². The van der Waals surface area contributed by atoms with Crippen LogP contribution in [0.25, 0.3) is 0 Å². The zero-order valence-corrected chi connectivity index (χ0v) is 13.4. The SMILES string of the molecule is C[C@@H](O)CN1CCN(C(=O)c2csc(S(N)(=O)=O)c2)CC1. The van der Waals surface area contributed by atoms with Crippen LogP contribution in [-0.4, -0.2) is 68.1 Å². The van der Waals surface area contributed by atoms with Crippen LogP contribution in [0.3, 0.4) is 0 Å². The monoisotopic (exact) mass is 333 g/mol. The van der Waals surface area contributed by atoms with Crippen LogP contribution in [0.2, 0.25) is 0 Å². The molecule has 7 nitrogen and oxygen atoms in total. The number of nitrogens with zero attached hydrogens (tertiary/aromatic N) is 2. The Bertz CT molecular complexity index is 604. The first-order valence-electron chi connectivity index (χ1n) is 6.58.